The number of hydrogen-bond donors (Lipinski definition) is 2. The first-order chi connectivity index (χ1) is 8.76. The van der Waals surface area contributed by atoms with Crippen molar-refractivity contribution in [3.05, 3.63) is 29.6 Å². The van der Waals surface area contributed by atoms with Crippen LogP contribution in [0.3, 0.4) is 0 Å². The molecule has 1 aromatic rings. The fourth-order valence-electron chi connectivity index (χ4n) is 1.84. The van der Waals surface area contributed by atoms with E-state index in [9.17, 15) is 17.6 Å². The van der Waals surface area contributed by atoms with E-state index >= 15 is 0 Å². The minimum atomic E-state index is -4.49. The first-order valence-corrected chi connectivity index (χ1v) is 5.73. The normalized spacial score (nSPS) is 13.4. The number of benzene rings is 1. The van der Waals surface area contributed by atoms with Gasteiger partial charge in [0, 0.05) is 12.6 Å². The summed E-state index contributed by atoms with van der Waals surface area (Å²) in [6.45, 7) is -0.611. The van der Waals surface area contributed by atoms with Crippen molar-refractivity contribution in [1.82, 2.24) is 0 Å². The van der Waals surface area contributed by atoms with Crippen LogP contribution >= 0.6 is 0 Å². The van der Waals surface area contributed by atoms with Crippen LogP contribution in [0.4, 0.5) is 23.2 Å². The van der Waals surface area contributed by atoms with Crippen LogP contribution < -0.4 is 10.6 Å². The summed E-state index contributed by atoms with van der Waals surface area (Å²) in [5, 5.41) is 8.85. The van der Waals surface area contributed by atoms with E-state index in [4.69, 9.17) is 10.8 Å². The number of aliphatic hydroxyl groups is 1. The number of anilines is 1. The van der Waals surface area contributed by atoms with Crippen LogP contribution in [0.2, 0.25) is 0 Å². The summed E-state index contributed by atoms with van der Waals surface area (Å²) in [5.41, 5.74) is 5.71. The number of halogens is 4. The summed E-state index contributed by atoms with van der Waals surface area (Å²) < 4.78 is 51.3. The van der Waals surface area contributed by atoms with Gasteiger partial charge in [-0.05, 0) is 18.6 Å². The van der Waals surface area contributed by atoms with Gasteiger partial charge in [-0.25, -0.2) is 4.39 Å². The number of hydrogen-bond acceptors (Lipinski definition) is 3. The molecule has 3 nitrogen and oxygen atoms in total. The molecule has 0 fully saturated rings. The first-order valence-electron chi connectivity index (χ1n) is 5.73. The van der Waals surface area contributed by atoms with Crippen LogP contribution in [0, 0.1) is 5.82 Å². The quantitative estimate of drug-likeness (QED) is 0.813. The lowest BCUT2D eigenvalue weighted by atomic mass is 10.1. The average Bonchev–Trinajstić information content (AvgIpc) is 2.26. The molecule has 0 saturated carbocycles. The third kappa shape index (κ3) is 4.36. The molecule has 7 heteroatoms. The second kappa shape index (κ2) is 6.21. The van der Waals surface area contributed by atoms with Gasteiger partial charge in [0.05, 0.1) is 12.3 Å². The Hall–Kier alpha value is -1.34. The first kappa shape index (κ1) is 15.7. The van der Waals surface area contributed by atoms with Crippen LogP contribution in [0.5, 0.6) is 0 Å². The van der Waals surface area contributed by atoms with Crippen molar-refractivity contribution in [2.75, 3.05) is 24.6 Å². The number of rotatable bonds is 5. The summed E-state index contributed by atoms with van der Waals surface area (Å²) in [4.78, 5) is 0.758. The second-order valence-electron chi connectivity index (χ2n) is 4.23. The summed E-state index contributed by atoms with van der Waals surface area (Å²) in [6.07, 6.45) is -4.49. The Labute approximate surface area is 108 Å². The van der Waals surface area contributed by atoms with Crippen molar-refractivity contribution < 1.29 is 22.7 Å². The van der Waals surface area contributed by atoms with E-state index < -0.39 is 31.2 Å². The molecule has 0 aliphatic heterocycles. The van der Waals surface area contributed by atoms with Crippen LogP contribution in [-0.2, 0) is 0 Å². The maximum absolute atomic E-state index is 13.8. The zero-order valence-electron chi connectivity index (χ0n) is 10.4. The van der Waals surface area contributed by atoms with E-state index in [1.165, 1.54) is 12.1 Å². The molecule has 0 aliphatic carbocycles. The van der Waals surface area contributed by atoms with E-state index in [1.807, 2.05) is 0 Å². The minimum absolute atomic E-state index is 0.205. The zero-order valence-corrected chi connectivity index (χ0v) is 10.4. The molecule has 0 aliphatic rings. The lowest BCUT2D eigenvalue weighted by molar-refractivity contribution is -0.119. The zero-order chi connectivity index (χ0) is 14.6. The van der Waals surface area contributed by atoms with Gasteiger partial charge in [-0.3, -0.25) is 0 Å². The fourth-order valence-corrected chi connectivity index (χ4v) is 1.84. The van der Waals surface area contributed by atoms with Crippen molar-refractivity contribution in [2.45, 2.75) is 19.1 Å². The van der Waals surface area contributed by atoms with Crippen molar-refractivity contribution in [1.29, 1.82) is 0 Å². The van der Waals surface area contributed by atoms with Gasteiger partial charge in [-0.15, -0.1) is 0 Å². The molecule has 1 rings (SSSR count). The van der Waals surface area contributed by atoms with Crippen LogP contribution in [0.15, 0.2) is 18.2 Å². The number of nitrogens with zero attached hydrogens (tertiary/aromatic N) is 1. The highest BCUT2D eigenvalue weighted by Crippen LogP contribution is 2.30. The molecule has 0 heterocycles. The van der Waals surface area contributed by atoms with E-state index in [-0.39, 0.29) is 17.8 Å². The minimum Gasteiger partial charge on any atom is -0.395 e. The fraction of sp³-hybridized carbons (Fsp3) is 0.500. The topological polar surface area (TPSA) is 49.5 Å². The largest absolute Gasteiger partial charge is 0.405 e. The Bertz CT molecular complexity index is 421. The van der Waals surface area contributed by atoms with Gasteiger partial charge in [0.25, 0.3) is 0 Å². The molecule has 1 atom stereocenters. The Morgan fingerprint density at radius 1 is 1.37 bits per heavy atom. The third-order valence-electron chi connectivity index (χ3n) is 2.56. The summed E-state index contributed by atoms with van der Waals surface area (Å²) in [7, 11) is 0. The van der Waals surface area contributed by atoms with Gasteiger partial charge in [-0.1, -0.05) is 12.1 Å². The summed E-state index contributed by atoms with van der Waals surface area (Å²) >= 11 is 0. The summed E-state index contributed by atoms with van der Waals surface area (Å²) in [6, 6.07) is 3.33. The van der Waals surface area contributed by atoms with Gasteiger partial charge in [0.15, 0.2) is 0 Å². The van der Waals surface area contributed by atoms with Crippen LogP contribution in [0.25, 0.3) is 0 Å². The number of aliphatic hydroxyl groups excluding tert-OH is 1. The highest BCUT2D eigenvalue weighted by Gasteiger charge is 2.32. The third-order valence-corrected chi connectivity index (χ3v) is 2.56. The second-order valence-corrected chi connectivity index (χ2v) is 4.23. The van der Waals surface area contributed by atoms with Crippen LogP contribution in [-0.4, -0.2) is 31.0 Å². The average molecular weight is 280 g/mol. The molecule has 0 saturated heterocycles. The van der Waals surface area contributed by atoms with Crippen molar-refractivity contribution in [2.24, 2.45) is 5.73 Å². The SMILES string of the molecule is CC(N)c1cccc(F)c1N(CCO)CC(F)(F)F. The molecule has 108 valence electrons. The Morgan fingerprint density at radius 3 is 2.47 bits per heavy atom. The van der Waals surface area contributed by atoms with E-state index in [2.05, 4.69) is 0 Å². The molecule has 1 aromatic carbocycles. The van der Waals surface area contributed by atoms with Gasteiger partial charge in [0.1, 0.15) is 12.4 Å². The van der Waals surface area contributed by atoms with Crippen molar-refractivity contribution >= 4 is 5.69 Å². The predicted octanol–water partition coefficient (Wildman–Crippen LogP) is 2.21. The molecule has 0 bridgehead atoms. The van der Waals surface area contributed by atoms with Gasteiger partial charge < -0.3 is 15.7 Å². The summed E-state index contributed by atoms with van der Waals surface area (Å²) in [5.74, 6) is -0.785. The van der Waals surface area contributed by atoms with Crippen molar-refractivity contribution in [3.8, 4) is 0 Å². The standard InChI is InChI=1S/C12H16F4N2O/c1-8(17)9-3-2-4-10(13)11(9)18(5-6-19)7-12(14,15)16/h2-4,8,19H,5-7,17H2,1H3. The molecule has 0 amide bonds. The molecule has 3 N–H and O–H groups in total. The number of alkyl halides is 3. The molecule has 0 radical (unpaired) electrons. The Morgan fingerprint density at radius 2 is 2.00 bits per heavy atom. The molecular formula is C12H16F4N2O. The number of para-hydroxylation sites is 1. The van der Waals surface area contributed by atoms with Gasteiger partial charge in [0.2, 0.25) is 0 Å². The molecule has 1 unspecified atom stereocenters. The lowest BCUT2D eigenvalue weighted by Gasteiger charge is -2.28. The number of nitrogens with two attached hydrogens (primary N) is 1. The smallest absolute Gasteiger partial charge is 0.395 e. The Kier molecular flexibility index (Phi) is 5.13. The van der Waals surface area contributed by atoms with E-state index in [0.29, 0.717) is 0 Å². The molecule has 19 heavy (non-hydrogen) atoms. The maximum atomic E-state index is 13.8. The van der Waals surface area contributed by atoms with Crippen molar-refractivity contribution in [3.63, 3.8) is 0 Å². The monoisotopic (exact) mass is 280 g/mol. The molecule has 0 spiro atoms. The van der Waals surface area contributed by atoms with Gasteiger partial charge >= 0.3 is 6.18 Å². The maximum Gasteiger partial charge on any atom is 0.405 e. The van der Waals surface area contributed by atoms with E-state index in [1.54, 1.807) is 6.92 Å². The highest BCUT2D eigenvalue weighted by molar-refractivity contribution is 5.56. The predicted molar refractivity (Wildman–Crippen MR) is 64.4 cm³/mol. The lowest BCUT2D eigenvalue weighted by Crippen LogP contribution is -2.37. The van der Waals surface area contributed by atoms with E-state index in [0.717, 1.165) is 11.0 Å². The molecule has 0 aromatic heterocycles. The highest BCUT2D eigenvalue weighted by atomic mass is 19.4. The Balaban J connectivity index is 3.21. The van der Waals surface area contributed by atoms with Gasteiger partial charge in [-0.2, -0.15) is 13.2 Å². The molecular weight excluding hydrogens is 264 g/mol. The van der Waals surface area contributed by atoms with Crippen LogP contribution in [0.1, 0.15) is 18.5 Å².